The molecule has 0 spiro atoms. The first kappa shape index (κ1) is 39.8. The fourth-order valence-electron chi connectivity index (χ4n) is 6.65. The lowest BCUT2D eigenvalue weighted by Gasteiger charge is -2.38. The average molecular weight is 708 g/mol. The highest BCUT2D eigenvalue weighted by Gasteiger charge is 2.35. The molecule has 1 heterocycles. The van der Waals surface area contributed by atoms with Crippen LogP contribution in [0.15, 0.2) is 12.1 Å². The van der Waals surface area contributed by atoms with Gasteiger partial charge in [0.1, 0.15) is 22.7 Å². The molecule has 48 heavy (non-hydrogen) atoms. The van der Waals surface area contributed by atoms with Gasteiger partial charge in [-0.3, -0.25) is 0 Å². The Morgan fingerprint density at radius 3 is 2.06 bits per heavy atom. The van der Waals surface area contributed by atoms with E-state index in [1.54, 1.807) is 0 Å². The molecule has 0 N–H and O–H groups in total. The molecule has 1 aliphatic heterocycles. The Labute approximate surface area is 298 Å². The predicted octanol–water partition coefficient (Wildman–Crippen LogP) is 11.8. The van der Waals surface area contributed by atoms with E-state index in [0.717, 1.165) is 71.4 Å². The van der Waals surface area contributed by atoms with Gasteiger partial charge < -0.3 is 23.7 Å². The van der Waals surface area contributed by atoms with Crippen molar-refractivity contribution in [2.75, 3.05) is 13.9 Å². The number of benzene rings is 2. The van der Waals surface area contributed by atoms with Crippen molar-refractivity contribution in [3.63, 3.8) is 0 Å². The van der Waals surface area contributed by atoms with Crippen LogP contribution in [0.5, 0.6) is 17.2 Å². The van der Waals surface area contributed by atoms with Crippen LogP contribution in [0, 0.1) is 38.5 Å². The van der Waals surface area contributed by atoms with E-state index < -0.39 is 18.9 Å². The van der Waals surface area contributed by atoms with Crippen LogP contribution in [-0.4, -0.2) is 31.6 Å². The number of rotatable bonds is 17. The fraction of sp³-hybridized carbons (Fsp3) is 0.641. The number of carbonyl (C=O) groups is 2. The largest absolute Gasteiger partial charge is 0.516 e. The first-order valence-electron chi connectivity index (χ1n) is 17.5. The predicted molar refractivity (Wildman–Crippen MR) is 193 cm³/mol. The van der Waals surface area contributed by atoms with E-state index in [-0.39, 0.29) is 27.0 Å². The van der Waals surface area contributed by atoms with Gasteiger partial charge in [-0.05, 0) is 100.0 Å². The number of halogens is 2. The summed E-state index contributed by atoms with van der Waals surface area (Å²) in [5.74, 6) is 2.89. The molecule has 0 aromatic heterocycles. The van der Waals surface area contributed by atoms with Crippen molar-refractivity contribution in [1.29, 1.82) is 0 Å². The zero-order valence-corrected chi connectivity index (χ0v) is 32.0. The zero-order valence-electron chi connectivity index (χ0n) is 30.5. The number of esters is 1. The molecule has 0 amide bonds. The second-order valence-electron chi connectivity index (χ2n) is 14.4. The molecule has 2 aromatic rings. The van der Waals surface area contributed by atoms with Gasteiger partial charge >= 0.3 is 12.1 Å². The first-order chi connectivity index (χ1) is 22.7. The van der Waals surface area contributed by atoms with Crippen LogP contribution < -0.4 is 14.2 Å². The summed E-state index contributed by atoms with van der Waals surface area (Å²) in [6, 6.07) is 2.96. The van der Waals surface area contributed by atoms with Gasteiger partial charge in [-0.1, -0.05) is 95.8 Å². The summed E-state index contributed by atoms with van der Waals surface area (Å²) in [5, 5.41) is 0.288. The van der Waals surface area contributed by atoms with Gasteiger partial charge in [0.05, 0.1) is 17.2 Å². The van der Waals surface area contributed by atoms with Gasteiger partial charge in [-0.15, -0.1) is 0 Å². The van der Waals surface area contributed by atoms with Gasteiger partial charge in [0.2, 0.25) is 6.79 Å². The maximum absolute atomic E-state index is 12.7. The van der Waals surface area contributed by atoms with Crippen molar-refractivity contribution in [2.45, 2.75) is 132 Å². The maximum atomic E-state index is 12.7. The molecule has 0 bridgehead atoms. The Morgan fingerprint density at radius 1 is 0.833 bits per heavy atom. The normalized spacial score (nSPS) is 16.9. The molecule has 2 aromatic carbocycles. The Balaban J connectivity index is 1.51. The summed E-state index contributed by atoms with van der Waals surface area (Å²) >= 11 is 12.2. The molecule has 0 saturated carbocycles. The van der Waals surface area contributed by atoms with Crippen LogP contribution in [0.3, 0.4) is 0 Å². The van der Waals surface area contributed by atoms with Gasteiger partial charge in [0.25, 0.3) is 0 Å². The Bertz CT molecular complexity index is 1410. The molecule has 0 saturated heterocycles. The quantitative estimate of drug-likeness (QED) is 0.0919. The Hall–Kier alpha value is -2.64. The lowest BCUT2D eigenvalue weighted by molar-refractivity contribution is -0.0145. The minimum absolute atomic E-state index is 0.0601. The highest BCUT2D eigenvalue weighted by atomic mass is 35.5. The first-order valence-corrected chi connectivity index (χ1v) is 18.3. The van der Waals surface area contributed by atoms with E-state index in [9.17, 15) is 9.59 Å². The highest BCUT2D eigenvalue weighted by molar-refractivity contribution is 6.37. The van der Waals surface area contributed by atoms with E-state index in [4.69, 9.17) is 46.9 Å². The minimum atomic E-state index is -0.992. The third kappa shape index (κ3) is 10.9. The number of hydrogen-bond acceptors (Lipinski definition) is 7. The van der Waals surface area contributed by atoms with E-state index in [0.29, 0.717) is 5.75 Å². The smallest absolute Gasteiger partial charge is 0.494 e. The monoisotopic (exact) mass is 706 g/mol. The van der Waals surface area contributed by atoms with Gasteiger partial charge in [-0.25, -0.2) is 9.59 Å². The Morgan fingerprint density at radius 2 is 1.44 bits per heavy atom. The third-order valence-electron chi connectivity index (χ3n) is 9.86. The second kappa shape index (κ2) is 18.4. The number of ether oxygens (including phenoxy) is 5. The van der Waals surface area contributed by atoms with Crippen LogP contribution in [0.25, 0.3) is 0 Å². The van der Waals surface area contributed by atoms with E-state index in [1.807, 2.05) is 20.8 Å². The fourth-order valence-corrected chi connectivity index (χ4v) is 7.11. The van der Waals surface area contributed by atoms with Crippen LogP contribution in [0.4, 0.5) is 4.79 Å². The maximum Gasteiger partial charge on any atom is 0.516 e. The summed E-state index contributed by atoms with van der Waals surface area (Å²) in [6.45, 7) is 16.8. The molecule has 1 aliphatic rings. The zero-order chi connectivity index (χ0) is 35.6. The molecule has 0 fully saturated rings. The van der Waals surface area contributed by atoms with Crippen molar-refractivity contribution >= 4 is 35.3 Å². The van der Waals surface area contributed by atoms with Crippen LogP contribution >= 0.6 is 23.2 Å². The standard InChI is InChI=1S/C39H56Cl2O7/c1-24(2)13-10-14-25(3)15-11-16-26(4)17-12-21-39(8)22-20-30-29(7)34(27(5)28(6)35(30)48-39)47-38(43)46-23-45-37(42)33-31(40)18-19-32(41)36(33)44-9/h18-19,24-26H,10-17,20-23H2,1-9H3. The van der Waals surface area contributed by atoms with Crippen molar-refractivity contribution < 1.29 is 33.3 Å². The lowest BCUT2D eigenvalue weighted by atomic mass is 9.83. The molecule has 9 heteroatoms. The van der Waals surface area contributed by atoms with E-state index in [1.165, 1.54) is 64.2 Å². The summed E-state index contributed by atoms with van der Waals surface area (Å²) in [5.41, 5.74) is 3.33. The molecule has 3 unspecified atom stereocenters. The third-order valence-corrected chi connectivity index (χ3v) is 10.5. The SMILES string of the molecule is COc1c(Cl)ccc(Cl)c1C(=O)OCOC(=O)Oc1c(C)c(C)c2c(c1C)CCC(C)(CCCC(C)CCCC(C)CCCC(C)C)O2. The molecule has 3 rings (SSSR count). The Kier molecular flexibility index (Phi) is 15.2. The van der Waals surface area contributed by atoms with Gasteiger partial charge in [0.15, 0.2) is 5.75 Å². The van der Waals surface area contributed by atoms with Crippen molar-refractivity contribution in [1.82, 2.24) is 0 Å². The minimum Gasteiger partial charge on any atom is -0.494 e. The van der Waals surface area contributed by atoms with Crippen LogP contribution in [0.2, 0.25) is 10.0 Å². The molecule has 0 aliphatic carbocycles. The summed E-state index contributed by atoms with van der Waals surface area (Å²) in [4.78, 5) is 25.3. The summed E-state index contributed by atoms with van der Waals surface area (Å²) in [7, 11) is 1.36. The number of fused-ring (bicyclic) bond motifs is 1. The number of carbonyl (C=O) groups excluding carboxylic acids is 2. The van der Waals surface area contributed by atoms with Crippen molar-refractivity contribution in [2.24, 2.45) is 17.8 Å². The molecule has 7 nitrogen and oxygen atoms in total. The molecular weight excluding hydrogens is 651 g/mol. The van der Waals surface area contributed by atoms with Crippen molar-refractivity contribution in [3.05, 3.63) is 50.0 Å². The summed E-state index contributed by atoms with van der Waals surface area (Å²) in [6.07, 6.45) is 12.1. The van der Waals surface area contributed by atoms with Gasteiger partial charge in [-0.2, -0.15) is 0 Å². The molecular formula is C39H56Cl2O7. The van der Waals surface area contributed by atoms with Crippen LogP contribution in [0.1, 0.15) is 131 Å². The average Bonchev–Trinajstić information content (AvgIpc) is 3.02. The number of methoxy groups -OCH3 is 1. The second-order valence-corrected chi connectivity index (χ2v) is 15.2. The summed E-state index contributed by atoms with van der Waals surface area (Å²) < 4.78 is 27.7. The molecule has 268 valence electrons. The number of hydrogen-bond donors (Lipinski definition) is 0. The molecule has 3 atom stereocenters. The highest BCUT2D eigenvalue weighted by Crippen LogP contribution is 2.45. The topological polar surface area (TPSA) is 80.3 Å². The van der Waals surface area contributed by atoms with E-state index >= 15 is 0 Å². The van der Waals surface area contributed by atoms with Crippen molar-refractivity contribution in [3.8, 4) is 17.2 Å². The molecule has 0 radical (unpaired) electrons. The van der Waals surface area contributed by atoms with E-state index in [2.05, 4.69) is 34.6 Å². The van der Waals surface area contributed by atoms with Crippen LogP contribution in [-0.2, 0) is 15.9 Å². The van der Waals surface area contributed by atoms with Gasteiger partial charge in [0, 0.05) is 5.56 Å². The lowest BCUT2D eigenvalue weighted by Crippen LogP contribution is -2.37.